The lowest BCUT2D eigenvalue weighted by Crippen LogP contribution is -2.48. The van der Waals surface area contributed by atoms with Crippen LogP contribution in [0, 0.1) is 5.92 Å². The summed E-state index contributed by atoms with van der Waals surface area (Å²) in [6.45, 7) is -0.985. The first-order chi connectivity index (χ1) is 9.70. The molecule has 9 heteroatoms. The highest BCUT2D eigenvalue weighted by atomic mass is 79.9. The van der Waals surface area contributed by atoms with Crippen LogP contribution >= 0.6 is 28.1 Å². The maximum absolute atomic E-state index is 13.0. The van der Waals surface area contributed by atoms with Gasteiger partial charge in [-0.25, -0.2) is 0 Å². The number of carbonyl (C=O) groups excluding carboxylic acids is 1. The number of hydrogen-bond donors (Lipinski definition) is 1. The van der Waals surface area contributed by atoms with Crippen LogP contribution in [0.1, 0.15) is 0 Å². The molecule has 1 aromatic carbocycles. The molecule has 1 unspecified atom stereocenters. The van der Waals surface area contributed by atoms with Crippen molar-refractivity contribution in [2.24, 2.45) is 11.7 Å². The second-order valence-electron chi connectivity index (χ2n) is 4.40. The molecule has 2 rings (SSSR count). The summed E-state index contributed by atoms with van der Waals surface area (Å²) in [5.41, 5.74) is 5.42. The molecular weight excluding hydrogens is 373 g/mol. The Morgan fingerprint density at radius 2 is 2.19 bits per heavy atom. The Labute approximate surface area is 132 Å². The van der Waals surface area contributed by atoms with Gasteiger partial charge in [0.15, 0.2) is 6.61 Å². The smallest absolute Gasteiger partial charge is 0.399 e. The zero-order valence-corrected chi connectivity index (χ0v) is 12.9. The molecule has 1 aromatic rings. The molecule has 0 saturated carbocycles. The summed E-state index contributed by atoms with van der Waals surface area (Å²) >= 11 is 7.68. The van der Waals surface area contributed by atoms with Gasteiger partial charge in [-0.1, -0.05) is 28.1 Å². The molecule has 21 heavy (non-hydrogen) atoms. The molecule has 114 valence electrons. The van der Waals surface area contributed by atoms with Gasteiger partial charge >= 0.3 is 6.18 Å². The summed E-state index contributed by atoms with van der Waals surface area (Å²) in [6, 6.07) is 4.75. The van der Waals surface area contributed by atoms with E-state index in [9.17, 15) is 18.0 Å². The van der Waals surface area contributed by atoms with Crippen molar-refractivity contribution in [2.45, 2.75) is 6.18 Å². The Balaban J connectivity index is 2.37. The van der Waals surface area contributed by atoms with Gasteiger partial charge < -0.3 is 15.4 Å². The van der Waals surface area contributed by atoms with E-state index in [0.29, 0.717) is 10.2 Å². The van der Waals surface area contributed by atoms with Crippen molar-refractivity contribution in [2.75, 3.05) is 18.1 Å². The number of carbonyl (C=O) groups is 1. The number of anilines is 1. The largest absolute Gasteiger partial charge is 0.482 e. The molecule has 1 heterocycles. The van der Waals surface area contributed by atoms with Crippen molar-refractivity contribution in [3.05, 3.63) is 22.7 Å². The summed E-state index contributed by atoms with van der Waals surface area (Å²) in [6.07, 6.45) is -4.61. The highest BCUT2D eigenvalue weighted by molar-refractivity contribution is 9.10. The van der Waals surface area contributed by atoms with Crippen LogP contribution in [-0.2, 0) is 4.79 Å². The van der Waals surface area contributed by atoms with Crippen molar-refractivity contribution in [3.8, 4) is 5.75 Å². The van der Waals surface area contributed by atoms with Gasteiger partial charge in [0.1, 0.15) is 11.7 Å². The average Bonchev–Trinajstić information content (AvgIpc) is 2.35. The van der Waals surface area contributed by atoms with Crippen LogP contribution in [0.25, 0.3) is 0 Å². The van der Waals surface area contributed by atoms with Crippen molar-refractivity contribution >= 4 is 44.7 Å². The summed E-state index contributed by atoms with van der Waals surface area (Å²) in [5, 5.41) is 0. The molecule has 0 aliphatic carbocycles. The number of fused-ring (bicyclic) bond motifs is 1. The Morgan fingerprint density at radius 3 is 2.76 bits per heavy atom. The van der Waals surface area contributed by atoms with E-state index < -0.39 is 29.5 Å². The zero-order valence-electron chi connectivity index (χ0n) is 10.5. The average molecular weight is 383 g/mol. The van der Waals surface area contributed by atoms with Crippen molar-refractivity contribution < 1.29 is 22.7 Å². The van der Waals surface area contributed by atoms with Gasteiger partial charge in [0.2, 0.25) is 0 Å². The van der Waals surface area contributed by atoms with Gasteiger partial charge in [0, 0.05) is 11.0 Å². The summed E-state index contributed by atoms with van der Waals surface area (Å²) in [5.74, 6) is -2.31. The van der Waals surface area contributed by atoms with E-state index >= 15 is 0 Å². The van der Waals surface area contributed by atoms with E-state index in [1.54, 1.807) is 12.1 Å². The van der Waals surface area contributed by atoms with Gasteiger partial charge in [-0.3, -0.25) is 4.79 Å². The van der Waals surface area contributed by atoms with Gasteiger partial charge in [0.05, 0.1) is 10.7 Å². The number of thiocarbonyl (C=S) groups is 1. The fourth-order valence-electron chi connectivity index (χ4n) is 1.91. The minimum Gasteiger partial charge on any atom is -0.482 e. The van der Waals surface area contributed by atoms with Gasteiger partial charge in [0.25, 0.3) is 5.91 Å². The number of amides is 1. The topological polar surface area (TPSA) is 55.6 Å². The molecule has 4 nitrogen and oxygen atoms in total. The first kappa shape index (κ1) is 16.0. The molecule has 1 amide bonds. The molecule has 0 saturated heterocycles. The molecule has 1 atom stereocenters. The second-order valence-corrected chi connectivity index (χ2v) is 5.79. The standard InChI is InChI=1S/C12H10BrF3N2O2S/c13-6-1-2-9-8(3-6)18(10(19)5-20-9)4-7(11(17)21)12(14,15)16/h1-3,7H,4-5H2,(H2,17,21). The first-order valence-electron chi connectivity index (χ1n) is 5.79. The number of halogens is 4. The number of rotatable bonds is 3. The van der Waals surface area contributed by atoms with Crippen LogP contribution in [0.15, 0.2) is 22.7 Å². The molecule has 0 fully saturated rings. The van der Waals surface area contributed by atoms with E-state index in [0.717, 1.165) is 4.90 Å². The molecular formula is C12H10BrF3N2O2S. The molecule has 2 N–H and O–H groups in total. The van der Waals surface area contributed by atoms with Crippen molar-refractivity contribution in [3.63, 3.8) is 0 Å². The van der Waals surface area contributed by atoms with Crippen LogP contribution in [0.5, 0.6) is 5.75 Å². The van der Waals surface area contributed by atoms with Gasteiger partial charge in [-0.15, -0.1) is 0 Å². The number of ether oxygens (including phenoxy) is 1. The predicted octanol–water partition coefficient (Wildman–Crippen LogP) is 2.64. The molecule has 1 aliphatic heterocycles. The minimum atomic E-state index is -4.61. The number of nitrogens with two attached hydrogens (primary N) is 1. The minimum absolute atomic E-state index is 0.256. The lowest BCUT2D eigenvalue weighted by atomic mass is 10.1. The van der Waals surface area contributed by atoms with Crippen molar-refractivity contribution in [1.29, 1.82) is 0 Å². The van der Waals surface area contributed by atoms with E-state index in [-0.39, 0.29) is 12.3 Å². The third-order valence-electron chi connectivity index (χ3n) is 2.97. The van der Waals surface area contributed by atoms with Crippen LogP contribution in [0.4, 0.5) is 18.9 Å². The maximum Gasteiger partial charge on any atom is 0.399 e. The normalized spacial score (nSPS) is 16.2. The van der Waals surface area contributed by atoms with Crippen LogP contribution in [0.2, 0.25) is 0 Å². The molecule has 0 bridgehead atoms. The highest BCUT2D eigenvalue weighted by Gasteiger charge is 2.44. The third kappa shape index (κ3) is 3.46. The lowest BCUT2D eigenvalue weighted by Gasteiger charge is -2.32. The van der Waals surface area contributed by atoms with Crippen molar-refractivity contribution in [1.82, 2.24) is 0 Å². The monoisotopic (exact) mass is 382 g/mol. The van der Waals surface area contributed by atoms with E-state index in [1.165, 1.54) is 6.07 Å². The Morgan fingerprint density at radius 1 is 1.52 bits per heavy atom. The fraction of sp³-hybridized carbons (Fsp3) is 0.333. The molecule has 1 aliphatic rings. The number of alkyl halides is 3. The van der Waals surface area contributed by atoms with E-state index in [1.807, 2.05) is 0 Å². The quantitative estimate of drug-likeness (QED) is 0.816. The number of nitrogens with zero attached hydrogens (tertiary/aromatic N) is 1. The van der Waals surface area contributed by atoms with E-state index in [4.69, 9.17) is 10.5 Å². The first-order valence-corrected chi connectivity index (χ1v) is 6.99. The highest BCUT2D eigenvalue weighted by Crippen LogP contribution is 2.37. The zero-order chi connectivity index (χ0) is 15.8. The van der Waals surface area contributed by atoms with Gasteiger partial charge in [-0.05, 0) is 18.2 Å². The third-order valence-corrected chi connectivity index (χ3v) is 3.75. The number of benzene rings is 1. The Kier molecular flexibility index (Phi) is 4.43. The predicted molar refractivity (Wildman–Crippen MR) is 78.3 cm³/mol. The van der Waals surface area contributed by atoms with Crippen LogP contribution in [-0.4, -0.2) is 30.2 Å². The Bertz CT molecular complexity index is 594. The van der Waals surface area contributed by atoms with Crippen LogP contribution < -0.4 is 15.4 Å². The van der Waals surface area contributed by atoms with Crippen LogP contribution in [0.3, 0.4) is 0 Å². The second kappa shape index (κ2) is 5.80. The fourth-order valence-corrected chi connectivity index (χ4v) is 2.47. The lowest BCUT2D eigenvalue weighted by molar-refractivity contribution is -0.153. The molecule has 0 aromatic heterocycles. The summed E-state index contributed by atoms with van der Waals surface area (Å²) in [7, 11) is 0. The molecule has 0 spiro atoms. The SMILES string of the molecule is NC(=S)C(CN1C(=O)COc2ccc(Br)cc21)C(F)(F)F. The summed E-state index contributed by atoms with van der Waals surface area (Å²) < 4.78 is 44.7. The summed E-state index contributed by atoms with van der Waals surface area (Å²) in [4.78, 5) is 12.2. The van der Waals surface area contributed by atoms with E-state index in [2.05, 4.69) is 28.1 Å². The van der Waals surface area contributed by atoms with Gasteiger partial charge in [-0.2, -0.15) is 13.2 Å². The maximum atomic E-state index is 13.0. The number of hydrogen-bond acceptors (Lipinski definition) is 3. The molecule has 0 radical (unpaired) electrons. The Hall–Kier alpha value is -1.35.